The van der Waals surface area contributed by atoms with Gasteiger partial charge in [-0.1, -0.05) is 164 Å². The van der Waals surface area contributed by atoms with Crippen molar-refractivity contribution in [3.8, 4) is 50.7 Å². The van der Waals surface area contributed by atoms with E-state index < -0.39 is 5.41 Å². The van der Waals surface area contributed by atoms with Crippen LogP contribution in [0, 0.1) is 0 Å². The zero-order valence-electron chi connectivity index (χ0n) is 36.4. The summed E-state index contributed by atoms with van der Waals surface area (Å²) >= 11 is 0. The zero-order chi connectivity index (χ0) is 43.8. The second-order valence-electron chi connectivity index (χ2n) is 18.5. The van der Waals surface area contributed by atoms with Crippen molar-refractivity contribution in [2.75, 3.05) is 0 Å². The molecule has 0 N–H and O–H groups in total. The van der Waals surface area contributed by atoms with Crippen LogP contribution < -0.4 is 0 Å². The Hall–Kier alpha value is -8.41. The molecule has 5 heteroatoms. The SMILES string of the molecule is c1ccc2c(c1)CC(CCc1nc(-c3ccc4c(c3)oc3ccccc34)nc(-n3c4ccccc4c4cc5c(cc43)-c3ccccc3C53c4ccccc4-c4ccccc43)n1)c1ccccc1-2. The molecular formula is C62H40N4O. The van der Waals surface area contributed by atoms with E-state index >= 15 is 0 Å². The number of para-hydroxylation sites is 2. The molecular weight excluding hydrogens is 817 g/mol. The summed E-state index contributed by atoms with van der Waals surface area (Å²) in [6, 6.07) is 73.1. The number of fused-ring (bicyclic) bond motifs is 19. The molecule has 67 heavy (non-hydrogen) atoms. The Morgan fingerprint density at radius 3 is 1.88 bits per heavy atom. The second-order valence-corrected chi connectivity index (χ2v) is 18.5. The molecule has 1 spiro atoms. The van der Waals surface area contributed by atoms with E-state index in [0.29, 0.717) is 24.1 Å². The molecule has 1 unspecified atom stereocenters. The molecule has 314 valence electrons. The first-order valence-electron chi connectivity index (χ1n) is 23.4. The van der Waals surface area contributed by atoms with Crippen LogP contribution in [0.4, 0.5) is 0 Å². The monoisotopic (exact) mass is 856 g/mol. The summed E-state index contributed by atoms with van der Waals surface area (Å²) < 4.78 is 8.72. The summed E-state index contributed by atoms with van der Waals surface area (Å²) in [5.41, 5.74) is 20.1. The van der Waals surface area contributed by atoms with Crippen LogP contribution in [-0.2, 0) is 18.3 Å². The van der Waals surface area contributed by atoms with Crippen molar-refractivity contribution in [2.45, 2.75) is 30.6 Å². The molecule has 0 fully saturated rings. The highest BCUT2D eigenvalue weighted by Gasteiger charge is 2.51. The van der Waals surface area contributed by atoms with E-state index in [0.717, 1.165) is 62.6 Å². The number of aromatic nitrogens is 4. The van der Waals surface area contributed by atoms with Gasteiger partial charge in [0.05, 0.1) is 16.4 Å². The molecule has 9 aromatic carbocycles. The average molecular weight is 857 g/mol. The number of benzene rings is 9. The Morgan fingerprint density at radius 1 is 0.463 bits per heavy atom. The summed E-state index contributed by atoms with van der Waals surface area (Å²) in [6.45, 7) is 0. The molecule has 0 aliphatic heterocycles. The smallest absolute Gasteiger partial charge is 0.238 e. The van der Waals surface area contributed by atoms with E-state index in [-0.39, 0.29) is 0 Å². The number of furan rings is 1. The van der Waals surface area contributed by atoms with Crippen molar-refractivity contribution in [1.82, 2.24) is 19.5 Å². The van der Waals surface area contributed by atoms with E-state index in [9.17, 15) is 0 Å². The lowest BCUT2D eigenvalue weighted by Gasteiger charge is -2.30. The minimum absolute atomic E-state index is 0.329. The first kappa shape index (κ1) is 36.9. The highest BCUT2D eigenvalue weighted by Crippen LogP contribution is 2.63. The van der Waals surface area contributed by atoms with Crippen LogP contribution in [0.15, 0.2) is 205 Å². The van der Waals surface area contributed by atoms with E-state index in [2.05, 4.69) is 193 Å². The van der Waals surface area contributed by atoms with Gasteiger partial charge in [-0.25, -0.2) is 4.98 Å². The molecule has 0 saturated carbocycles. The van der Waals surface area contributed by atoms with Crippen LogP contribution in [0.2, 0.25) is 0 Å². The third-order valence-electron chi connectivity index (χ3n) is 15.2. The van der Waals surface area contributed by atoms with Gasteiger partial charge in [0, 0.05) is 33.5 Å². The third-order valence-corrected chi connectivity index (χ3v) is 15.2. The van der Waals surface area contributed by atoms with Crippen molar-refractivity contribution in [3.63, 3.8) is 0 Å². The van der Waals surface area contributed by atoms with Gasteiger partial charge in [-0.15, -0.1) is 0 Å². The molecule has 3 aliphatic carbocycles. The van der Waals surface area contributed by atoms with E-state index in [4.69, 9.17) is 19.4 Å². The van der Waals surface area contributed by atoms with Crippen molar-refractivity contribution >= 4 is 43.7 Å². The normalized spacial score (nSPS) is 14.9. The van der Waals surface area contributed by atoms with E-state index in [1.807, 2.05) is 12.1 Å². The Labute approximate surface area is 386 Å². The molecule has 0 saturated heterocycles. The van der Waals surface area contributed by atoms with Gasteiger partial charge in [0.1, 0.15) is 17.0 Å². The maximum absolute atomic E-state index is 6.43. The summed E-state index contributed by atoms with van der Waals surface area (Å²) in [5, 5.41) is 4.51. The predicted molar refractivity (Wildman–Crippen MR) is 270 cm³/mol. The molecule has 12 aromatic rings. The van der Waals surface area contributed by atoms with Gasteiger partial charge in [0.2, 0.25) is 5.95 Å². The Balaban J connectivity index is 0.944. The summed E-state index contributed by atoms with van der Waals surface area (Å²) in [4.78, 5) is 16.2. The van der Waals surface area contributed by atoms with Gasteiger partial charge in [0.15, 0.2) is 5.82 Å². The minimum Gasteiger partial charge on any atom is -0.456 e. The molecule has 5 nitrogen and oxygen atoms in total. The lowest BCUT2D eigenvalue weighted by Crippen LogP contribution is -2.25. The van der Waals surface area contributed by atoms with Gasteiger partial charge in [-0.05, 0) is 122 Å². The zero-order valence-corrected chi connectivity index (χ0v) is 36.4. The molecule has 0 amide bonds. The van der Waals surface area contributed by atoms with Crippen LogP contribution in [0.1, 0.15) is 51.5 Å². The van der Waals surface area contributed by atoms with Gasteiger partial charge in [-0.2, -0.15) is 9.97 Å². The van der Waals surface area contributed by atoms with Crippen molar-refractivity contribution in [1.29, 1.82) is 0 Å². The average Bonchev–Trinajstić information content (AvgIpc) is 4.10. The Kier molecular flexibility index (Phi) is 7.60. The third kappa shape index (κ3) is 5.11. The standard InChI is InChI=1S/C62H40N4O/c1-2-16-40-37(15-1)33-38(41-17-3-4-18-42(40)41)30-32-59-63-60(39-29-31-48-47-23-9-14-28-57(47)67-58(48)34-39)65-61(64-59)66-55-27-13-8-22-46(55)50-35-54-49(36-56(50)66)45-21-7-12-26-53(45)62(54)51-24-10-5-19-43(51)44-20-6-11-25-52(44)62/h1-29,31,34-36,38H,30,32-33H2. The maximum Gasteiger partial charge on any atom is 0.238 e. The predicted octanol–water partition coefficient (Wildman–Crippen LogP) is 14.8. The van der Waals surface area contributed by atoms with Crippen LogP contribution in [0.3, 0.4) is 0 Å². The number of hydrogen-bond donors (Lipinski definition) is 0. The highest BCUT2D eigenvalue weighted by atomic mass is 16.3. The minimum atomic E-state index is -0.447. The number of rotatable bonds is 5. The molecule has 3 aromatic heterocycles. The van der Waals surface area contributed by atoms with E-state index in [1.54, 1.807) is 0 Å². The molecule has 3 heterocycles. The molecule has 15 rings (SSSR count). The largest absolute Gasteiger partial charge is 0.456 e. The maximum atomic E-state index is 6.43. The first-order chi connectivity index (χ1) is 33.2. The van der Waals surface area contributed by atoms with Gasteiger partial charge >= 0.3 is 0 Å². The van der Waals surface area contributed by atoms with Crippen LogP contribution >= 0.6 is 0 Å². The van der Waals surface area contributed by atoms with Crippen LogP contribution in [-0.4, -0.2) is 19.5 Å². The molecule has 0 radical (unpaired) electrons. The summed E-state index contributed by atoms with van der Waals surface area (Å²) in [5.74, 6) is 2.35. The van der Waals surface area contributed by atoms with Gasteiger partial charge < -0.3 is 4.42 Å². The van der Waals surface area contributed by atoms with E-state index in [1.165, 1.54) is 72.1 Å². The van der Waals surface area contributed by atoms with Crippen LogP contribution in [0.5, 0.6) is 0 Å². The molecule has 1 atom stereocenters. The van der Waals surface area contributed by atoms with Crippen molar-refractivity contribution in [2.24, 2.45) is 0 Å². The Bertz CT molecular complexity index is 4010. The highest BCUT2D eigenvalue weighted by molar-refractivity contribution is 6.12. The second kappa shape index (κ2) is 13.8. The number of aryl methyl sites for hydroxylation is 1. The lowest BCUT2D eigenvalue weighted by atomic mass is 9.70. The quantitative estimate of drug-likeness (QED) is 0.173. The van der Waals surface area contributed by atoms with Gasteiger partial charge in [-0.3, -0.25) is 4.57 Å². The summed E-state index contributed by atoms with van der Waals surface area (Å²) in [6.07, 6.45) is 2.58. The van der Waals surface area contributed by atoms with Crippen LogP contribution in [0.25, 0.3) is 94.5 Å². The molecule has 0 bridgehead atoms. The van der Waals surface area contributed by atoms with Crippen molar-refractivity contribution < 1.29 is 4.42 Å². The number of hydrogen-bond acceptors (Lipinski definition) is 4. The van der Waals surface area contributed by atoms with Crippen molar-refractivity contribution in [3.05, 3.63) is 239 Å². The first-order valence-corrected chi connectivity index (χ1v) is 23.4. The summed E-state index contributed by atoms with van der Waals surface area (Å²) in [7, 11) is 0. The number of nitrogens with zero attached hydrogens (tertiary/aromatic N) is 4. The lowest BCUT2D eigenvalue weighted by molar-refractivity contribution is 0.601. The fraction of sp³-hybridized carbons (Fsp3) is 0.0806. The fourth-order valence-corrected chi connectivity index (χ4v) is 12.4. The Morgan fingerprint density at radius 2 is 1.09 bits per heavy atom. The molecule has 3 aliphatic rings. The topological polar surface area (TPSA) is 56.7 Å². The van der Waals surface area contributed by atoms with Gasteiger partial charge in [0.25, 0.3) is 0 Å². The fourth-order valence-electron chi connectivity index (χ4n) is 12.4.